The van der Waals surface area contributed by atoms with Crippen LogP contribution >= 0.6 is 11.8 Å². The highest BCUT2D eigenvalue weighted by Gasteiger charge is 2.15. The van der Waals surface area contributed by atoms with E-state index in [-0.39, 0.29) is 6.29 Å². The lowest BCUT2D eigenvalue weighted by molar-refractivity contribution is -0.0421. The van der Waals surface area contributed by atoms with E-state index in [2.05, 4.69) is 41.4 Å². The van der Waals surface area contributed by atoms with Crippen molar-refractivity contribution in [1.29, 1.82) is 0 Å². The van der Waals surface area contributed by atoms with Crippen molar-refractivity contribution in [2.45, 2.75) is 24.7 Å². The molecule has 3 rings (SSSR count). The molecule has 5 heteroatoms. The van der Waals surface area contributed by atoms with E-state index < -0.39 is 0 Å². The molecule has 1 aliphatic heterocycles. The largest absolute Gasteiger partial charge is 0.350 e. The lowest BCUT2D eigenvalue weighted by Crippen LogP contribution is -2.08. The Labute approximate surface area is 128 Å². The third-order valence-corrected chi connectivity index (χ3v) is 4.24. The first-order valence-electron chi connectivity index (χ1n) is 7.08. The fraction of sp³-hybridized carbons (Fsp3) is 0.375. The topological polar surface area (TPSA) is 44.2 Å². The quantitative estimate of drug-likeness (QED) is 0.793. The minimum Gasteiger partial charge on any atom is -0.350 e. The maximum atomic E-state index is 5.41. The van der Waals surface area contributed by atoms with Crippen LogP contribution in [0.15, 0.2) is 41.4 Å². The number of aromatic nitrogens is 2. The molecule has 1 aliphatic rings. The second-order valence-electron chi connectivity index (χ2n) is 4.93. The number of hydrogen-bond donors (Lipinski definition) is 0. The predicted molar refractivity (Wildman–Crippen MR) is 83.2 cm³/mol. The first-order chi connectivity index (χ1) is 10.3. The number of thioether (sulfide) groups is 1. The van der Waals surface area contributed by atoms with E-state index in [1.54, 1.807) is 11.8 Å². The summed E-state index contributed by atoms with van der Waals surface area (Å²) in [4.78, 5) is 0. The van der Waals surface area contributed by atoms with Gasteiger partial charge in [-0.25, -0.2) is 0 Å². The van der Waals surface area contributed by atoms with E-state index in [9.17, 15) is 0 Å². The van der Waals surface area contributed by atoms with E-state index in [0.717, 1.165) is 28.5 Å². The first-order valence-corrected chi connectivity index (χ1v) is 8.06. The molecule has 1 fully saturated rings. The Balaban J connectivity index is 1.55. The summed E-state index contributed by atoms with van der Waals surface area (Å²) in [5.74, 6) is 0.920. The lowest BCUT2D eigenvalue weighted by atomic mass is 10.1. The summed E-state index contributed by atoms with van der Waals surface area (Å²) >= 11 is 1.68. The van der Waals surface area contributed by atoms with Crippen LogP contribution < -0.4 is 0 Å². The monoisotopic (exact) mass is 302 g/mol. The highest BCUT2D eigenvalue weighted by molar-refractivity contribution is 7.99. The zero-order valence-electron chi connectivity index (χ0n) is 12.0. The zero-order chi connectivity index (χ0) is 14.5. The third-order valence-electron chi connectivity index (χ3n) is 3.28. The van der Waals surface area contributed by atoms with Crippen LogP contribution in [0.1, 0.15) is 12.0 Å². The summed E-state index contributed by atoms with van der Waals surface area (Å²) < 4.78 is 10.8. The number of rotatable bonds is 5. The molecule has 0 amide bonds. The zero-order valence-corrected chi connectivity index (χ0v) is 12.8. The molecule has 1 aromatic heterocycles. The maximum Gasteiger partial charge on any atom is 0.158 e. The van der Waals surface area contributed by atoms with Gasteiger partial charge >= 0.3 is 0 Å². The van der Waals surface area contributed by atoms with E-state index in [1.807, 2.05) is 12.1 Å². The summed E-state index contributed by atoms with van der Waals surface area (Å²) in [5.41, 5.74) is 3.24. The van der Waals surface area contributed by atoms with Crippen LogP contribution in [0.5, 0.6) is 0 Å². The second-order valence-corrected chi connectivity index (χ2v) is 6.05. The van der Waals surface area contributed by atoms with Crippen molar-refractivity contribution in [3.63, 3.8) is 0 Å². The van der Waals surface area contributed by atoms with Crippen molar-refractivity contribution < 1.29 is 9.47 Å². The molecule has 0 N–H and O–H groups in total. The molecule has 2 heterocycles. The molecule has 0 bridgehead atoms. The molecule has 21 heavy (non-hydrogen) atoms. The smallest absolute Gasteiger partial charge is 0.158 e. The molecule has 0 aliphatic carbocycles. The summed E-state index contributed by atoms with van der Waals surface area (Å²) in [6.07, 6.45) is 0.837. The van der Waals surface area contributed by atoms with Gasteiger partial charge in [0.05, 0.1) is 18.9 Å². The highest BCUT2D eigenvalue weighted by atomic mass is 32.2. The van der Waals surface area contributed by atoms with Gasteiger partial charge in [-0.1, -0.05) is 29.8 Å². The van der Waals surface area contributed by atoms with Crippen molar-refractivity contribution >= 4 is 11.8 Å². The highest BCUT2D eigenvalue weighted by Crippen LogP contribution is 2.21. The lowest BCUT2D eigenvalue weighted by Gasteiger charge is -2.07. The van der Waals surface area contributed by atoms with E-state index >= 15 is 0 Å². The Morgan fingerprint density at radius 3 is 2.48 bits per heavy atom. The molecule has 0 spiro atoms. The Bertz CT molecular complexity index is 566. The maximum absolute atomic E-state index is 5.41. The Hall–Kier alpha value is -1.43. The van der Waals surface area contributed by atoms with Gasteiger partial charge in [-0.05, 0) is 19.1 Å². The van der Waals surface area contributed by atoms with Crippen LogP contribution in [-0.4, -0.2) is 35.5 Å². The molecule has 0 unspecified atom stereocenters. The van der Waals surface area contributed by atoms with Crippen LogP contribution in [-0.2, 0) is 9.47 Å². The van der Waals surface area contributed by atoms with Crippen LogP contribution in [0.3, 0.4) is 0 Å². The SMILES string of the molecule is Cc1ccc(-c2ccc(SCCC3OCCO3)nn2)cc1. The molecular formula is C16H18N2O2S. The van der Waals surface area contributed by atoms with Gasteiger partial charge in [0, 0.05) is 17.7 Å². The summed E-state index contributed by atoms with van der Waals surface area (Å²) in [6.45, 7) is 3.49. The fourth-order valence-electron chi connectivity index (χ4n) is 2.11. The van der Waals surface area contributed by atoms with Crippen molar-refractivity contribution in [2.24, 2.45) is 0 Å². The fourth-order valence-corrected chi connectivity index (χ4v) is 2.89. The third kappa shape index (κ3) is 4.03. The predicted octanol–water partition coefficient (Wildman–Crippen LogP) is 3.31. The molecular weight excluding hydrogens is 284 g/mol. The average molecular weight is 302 g/mol. The number of aryl methyl sites for hydroxylation is 1. The number of hydrogen-bond acceptors (Lipinski definition) is 5. The van der Waals surface area contributed by atoms with Gasteiger partial charge in [0.25, 0.3) is 0 Å². The van der Waals surface area contributed by atoms with Gasteiger partial charge < -0.3 is 9.47 Å². The van der Waals surface area contributed by atoms with Crippen molar-refractivity contribution in [3.05, 3.63) is 42.0 Å². The van der Waals surface area contributed by atoms with Crippen LogP contribution in [0.2, 0.25) is 0 Å². The van der Waals surface area contributed by atoms with E-state index in [4.69, 9.17) is 9.47 Å². The van der Waals surface area contributed by atoms with Crippen molar-refractivity contribution in [1.82, 2.24) is 10.2 Å². The Kier molecular flexibility index (Phi) is 4.85. The second kappa shape index (κ2) is 7.02. The average Bonchev–Trinajstić information content (AvgIpc) is 3.02. The summed E-state index contributed by atoms with van der Waals surface area (Å²) in [5, 5.41) is 9.50. The molecule has 1 aromatic carbocycles. The van der Waals surface area contributed by atoms with Crippen LogP contribution in [0.4, 0.5) is 0 Å². The van der Waals surface area contributed by atoms with Gasteiger partial charge in [-0.15, -0.1) is 22.0 Å². The van der Waals surface area contributed by atoms with Gasteiger partial charge in [-0.3, -0.25) is 0 Å². The molecule has 110 valence electrons. The first kappa shape index (κ1) is 14.5. The van der Waals surface area contributed by atoms with Gasteiger partial charge in [-0.2, -0.15) is 0 Å². The molecule has 0 saturated carbocycles. The summed E-state index contributed by atoms with van der Waals surface area (Å²) in [6, 6.07) is 12.3. The molecule has 1 saturated heterocycles. The number of ether oxygens (including phenoxy) is 2. The van der Waals surface area contributed by atoms with E-state index in [1.165, 1.54) is 5.56 Å². The van der Waals surface area contributed by atoms with Crippen LogP contribution in [0.25, 0.3) is 11.3 Å². The Morgan fingerprint density at radius 2 is 1.81 bits per heavy atom. The van der Waals surface area contributed by atoms with E-state index in [0.29, 0.717) is 13.2 Å². The van der Waals surface area contributed by atoms with Crippen molar-refractivity contribution in [3.8, 4) is 11.3 Å². The minimum atomic E-state index is -0.0442. The normalized spacial score (nSPS) is 15.5. The van der Waals surface area contributed by atoms with Gasteiger partial charge in [0.2, 0.25) is 0 Å². The van der Waals surface area contributed by atoms with Crippen molar-refractivity contribution in [2.75, 3.05) is 19.0 Å². The summed E-state index contributed by atoms with van der Waals surface area (Å²) in [7, 11) is 0. The molecule has 0 atom stereocenters. The number of nitrogens with zero attached hydrogens (tertiary/aromatic N) is 2. The molecule has 4 nitrogen and oxygen atoms in total. The molecule has 2 aromatic rings. The standard InChI is InChI=1S/C16H18N2O2S/c1-12-2-4-13(5-3-12)14-6-7-15(18-17-14)21-11-8-16-19-9-10-20-16/h2-7,16H,8-11H2,1H3. The molecule has 0 radical (unpaired) electrons. The minimum absolute atomic E-state index is 0.0442. The van der Waals surface area contributed by atoms with Crippen LogP contribution in [0, 0.1) is 6.92 Å². The number of benzene rings is 1. The van der Waals surface area contributed by atoms with Gasteiger partial charge in [0.15, 0.2) is 6.29 Å². The Morgan fingerprint density at radius 1 is 1.05 bits per heavy atom. The van der Waals surface area contributed by atoms with Gasteiger partial charge in [0.1, 0.15) is 5.03 Å².